The number of rotatable bonds is 3. The summed E-state index contributed by atoms with van der Waals surface area (Å²) in [6.45, 7) is 7.87. The lowest BCUT2D eigenvalue weighted by atomic mass is 9.76. The van der Waals surface area contributed by atoms with E-state index in [4.69, 9.17) is 0 Å². The van der Waals surface area contributed by atoms with E-state index in [0.717, 1.165) is 37.6 Å². The van der Waals surface area contributed by atoms with Crippen molar-refractivity contribution >= 4 is 5.97 Å². The molecule has 2 aliphatic rings. The van der Waals surface area contributed by atoms with Gasteiger partial charge in [0.15, 0.2) is 0 Å². The fraction of sp³-hybridized carbons (Fsp3) is 0.933. The Hall–Kier alpha value is -0.570. The van der Waals surface area contributed by atoms with Crippen molar-refractivity contribution in [2.24, 2.45) is 17.8 Å². The molecule has 104 valence electrons. The van der Waals surface area contributed by atoms with Gasteiger partial charge in [-0.15, -0.1) is 0 Å². The highest BCUT2D eigenvalue weighted by Gasteiger charge is 2.41. The third-order valence-electron chi connectivity index (χ3n) is 5.08. The van der Waals surface area contributed by atoms with Gasteiger partial charge in [0.2, 0.25) is 0 Å². The molecule has 1 aliphatic heterocycles. The molecule has 2 rings (SSSR count). The topological polar surface area (TPSA) is 40.5 Å². The maximum absolute atomic E-state index is 11.5. The van der Waals surface area contributed by atoms with Gasteiger partial charge < -0.3 is 5.11 Å². The van der Waals surface area contributed by atoms with Crippen molar-refractivity contribution in [3.8, 4) is 0 Å². The number of hydrogen-bond donors (Lipinski definition) is 1. The molecule has 1 aliphatic carbocycles. The summed E-state index contributed by atoms with van der Waals surface area (Å²) < 4.78 is 0. The van der Waals surface area contributed by atoms with E-state index in [1.807, 2.05) is 0 Å². The van der Waals surface area contributed by atoms with Crippen molar-refractivity contribution in [1.82, 2.24) is 4.90 Å². The maximum atomic E-state index is 11.5. The van der Waals surface area contributed by atoms with Crippen molar-refractivity contribution in [3.63, 3.8) is 0 Å². The number of nitrogens with zero attached hydrogens (tertiary/aromatic N) is 1. The fourth-order valence-corrected chi connectivity index (χ4v) is 4.05. The Labute approximate surface area is 111 Å². The number of hydrogen-bond acceptors (Lipinski definition) is 2. The third kappa shape index (κ3) is 2.71. The number of likely N-dealkylation sites (tertiary alicyclic amines) is 1. The maximum Gasteiger partial charge on any atom is 0.308 e. The largest absolute Gasteiger partial charge is 0.481 e. The summed E-state index contributed by atoms with van der Waals surface area (Å²) in [5.74, 6) is 0.729. The number of aliphatic carboxylic acids is 1. The van der Waals surface area contributed by atoms with Crippen LogP contribution in [0.3, 0.4) is 0 Å². The van der Waals surface area contributed by atoms with Crippen molar-refractivity contribution < 1.29 is 9.90 Å². The quantitative estimate of drug-likeness (QED) is 0.840. The Kier molecular flexibility index (Phi) is 4.31. The van der Waals surface area contributed by atoms with Crippen LogP contribution in [0.2, 0.25) is 0 Å². The zero-order valence-electron chi connectivity index (χ0n) is 11.9. The average molecular weight is 253 g/mol. The summed E-state index contributed by atoms with van der Waals surface area (Å²) in [4.78, 5) is 14.0. The van der Waals surface area contributed by atoms with Gasteiger partial charge in [0.1, 0.15) is 0 Å². The van der Waals surface area contributed by atoms with Crippen LogP contribution in [0.25, 0.3) is 0 Å². The molecule has 1 N–H and O–H groups in total. The smallest absolute Gasteiger partial charge is 0.308 e. The van der Waals surface area contributed by atoms with E-state index in [1.165, 1.54) is 12.8 Å². The van der Waals surface area contributed by atoms with Gasteiger partial charge in [0.05, 0.1) is 5.92 Å². The second-order valence-electron chi connectivity index (χ2n) is 6.49. The van der Waals surface area contributed by atoms with Crippen LogP contribution < -0.4 is 0 Å². The minimum absolute atomic E-state index is 0.138. The minimum atomic E-state index is -0.582. The Balaban J connectivity index is 2.11. The van der Waals surface area contributed by atoms with E-state index in [2.05, 4.69) is 25.7 Å². The van der Waals surface area contributed by atoms with Crippen LogP contribution in [-0.4, -0.2) is 34.6 Å². The monoisotopic (exact) mass is 253 g/mol. The molecule has 5 atom stereocenters. The lowest BCUT2D eigenvalue weighted by Crippen LogP contribution is -2.48. The molecule has 5 unspecified atom stereocenters. The molecule has 0 amide bonds. The van der Waals surface area contributed by atoms with Crippen LogP contribution in [0.4, 0.5) is 0 Å². The van der Waals surface area contributed by atoms with Gasteiger partial charge in [-0.05, 0) is 44.4 Å². The predicted octanol–water partition coefficient (Wildman–Crippen LogP) is 3.00. The van der Waals surface area contributed by atoms with Gasteiger partial charge in [0.25, 0.3) is 0 Å². The first-order valence-corrected chi connectivity index (χ1v) is 7.51. The summed E-state index contributed by atoms with van der Waals surface area (Å²) in [7, 11) is 0. The SMILES string of the molecule is CCC1CCC(C(=O)O)C(N2CC(C)CC2C)C1. The summed E-state index contributed by atoms with van der Waals surface area (Å²) in [5.41, 5.74) is 0. The minimum Gasteiger partial charge on any atom is -0.481 e. The Morgan fingerprint density at radius 2 is 2.00 bits per heavy atom. The molecule has 1 saturated heterocycles. The molecule has 2 fully saturated rings. The van der Waals surface area contributed by atoms with E-state index in [-0.39, 0.29) is 12.0 Å². The van der Waals surface area contributed by atoms with Crippen LogP contribution in [0, 0.1) is 17.8 Å². The second kappa shape index (κ2) is 5.60. The van der Waals surface area contributed by atoms with E-state index in [9.17, 15) is 9.90 Å². The van der Waals surface area contributed by atoms with Crippen LogP contribution in [0.5, 0.6) is 0 Å². The van der Waals surface area contributed by atoms with Crippen LogP contribution >= 0.6 is 0 Å². The van der Waals surface area contributed by atoms with Crippen molar-refractivity contribution in [2.45, 2.75) is 65.0 Å². The molecular weight excluding hydrogens is 226 g/mol. The Morgan fingerprint density at radius 3 is 2.50 bits per heavy atom. The molecule has 1 heterocycles. The van der Waals surface area contributed by atoms with Crippen LogP contribution in [-0.2, 0) is 4.79 Å². The molecular formula is C15H27NO2. The van der Waals surface area contributed by atoms with Crippen molar-refractivity contribution in [2.75, 3.05) is 6.54 Å². The molecule has 0 aromatic carbocycles. The third-order valence-corrected chi connectivity index (χ3v) is 5.08. The zero-order chi connectivity index (χ0) is 13.3. The lowest BCUT2D eigenvalue weighted by Gasteiger charge is -2.41. The number of carboxylic acids is 1. The summed E-state index contributed by atoms with van der Waals surface area (Å²) >= 11 is 0. The molecule has 1 saturated carbocycles. The van der Waals surface area contributed by atoms with Crippen molar-refractivity contribution in [1.29, 1.82) is 0 Å². The zero-order valence-corrected chi connectivity index (χ0v) is 11.9. The number of carbonyl (C=O) groups is 1. The lowest BCUT2D eigenvalue weighted by molar-refractivity contribution is -0.146. The van der Waals surface area contributed by atoms with E-state index >= 15 is 0 Å². The highest BCUT2D eigenvalue weighted by atomic mass is 16.4. The van der Waals surface area contributed by atoms with Gasteiger partial charge in [-0.3, -0.25) is 9.69 Å². The van der Waals surface area contributed by atoms with Crippen LogP contribution in [0.1, 0.15) is 52.9 Å². The van der Waals surface area contributed by atoms with Gasteiger partial charge in [-0.25, -0.2) is 0 Å². The summed E-state index contributed by atoms with van der Waals surface area (Å²) in [5, 5.41) is 9.45. The van der Waals surface area contributed by atoms with Crippen molar-refractivity contribution in [3.05, 3.63) is 0 Å². The normalized spacial score (nSPS) is 42.1. The van der Waals surface area contributed by atoms with Crippen LogP contribution in [0.15, 0.2) is 0 Å². The molecule has 0 aromatic heterocycles. The molecule has 0 aromatic rings. The first-order valence-electron chi connectivity index (χ1n) is 7.51. The first-order chi connectivity index (χ1) is 8.52. The average Bonchev–Trinajstić information content (AvgIpc) is 2.67. The molecule has 0 bridgehead atoms. The first kappa shape index (κ1) is 13.9. The van der Waals surface area contributed by atoms with Gasteiger partial charge in [-0.1, -0.05) is 20.3 Å². The highest BCUT2D eigenvalue weighted by molar-refractivity contribution is 5.71. The molecule has 18 heavy (non-hydrogen) atoms. The van der Waals surface area contributed by atoms with Gasteiger partial charge in [-0.2, -0.15) is 0 Å². The van der Waals surface area contributed by atoms with E-state index in [1.54, 1.807) is 0 Å². The number of carboxylic acid groups (broad SMARTS) is 1. The fourth-order valence-electron chi connectivity index (χ4n) is 4.05. The molecule has 3 heteroatoms. The highest BCUT2D eigenvalue weighted by Crippen LogP contribution is 2.38. The predicted molar refractivity (Wildman–Crippen MR) is 72.5 cm³/mol. The second-order valence-corrected chi connectivity index (χ2v) is 6.49. The molecule has 0 spiro atoms. The molecule has 0 radical (unpaired) electrons. The summed E-state index contributed by atoms with van der Waals surface area (Å²) in [6.07, 6.45) is 5.47. The van der Waals surface area contributed by atoms with E-state index in [0.29, 0.717) is 6.04 Å². The standard InChI is InChI=1S/C15H27NO2/c1-4-12-5-6-13(15(17)18)14(8-12)16-9-10(2)7-11(16)3/h10-14H,4-9H2,1-3H3,(H,17,18). The Morgan fingerprint density at radius 1 is 1.28 bits per heavy atom. The summed E-state index contributed by atoms with van der Waals surface area (Å²) in [6, 6.07) is 0.837. The van der Waals surface area contributed by atoms with Gasteiger partial charge in [0, 0.05) is 18.6 Å². The van der Waals surface area contributed by atoms with Gasteiger partial charge >= 0.3 is 5.97 Å². The van der Waals surface area contributed by atoms with E-state index < -0.39 is 5.97 Å². The Bertz CT molecular complexity index is 305. The molecule has 3 nitrogen and oxygen atoms in total.